The summed E-state index contributed by atoms with van der Waals surface area (Å²) in [5, 5.41) is 9.13. The number of nitrogen functional groups attached to an aromatic ring is 1. The zero-order valence-electron chi connectivity index (χ0n) is 9.53. The summed E-state index contributed by atoms with van der Waals surface area (Å²) >= 11 is 3.36. The predicted octanol–water partition coefficient (Wildman–Crippen LogP) is 2.73. The van der Waals surface area contributed by atoms with Gasteiger partial charge in [-0.15, -0.1) is 0 Å². The van der Waals surface area contributed by atoms with E-state index in [9.17, 15) is 4.79 Å². The number of methoxy groups -OCH3 is 1. The maximum atomic E-state index is 11.1. The van der Waals surface area contributed by atoms with E-state index in [4.69, 9.17) is 15.6 Å². The van der Waals surface area contributed by atoms with Crippen molar-refractivity contribution in [1.82, 2.24) is 4.98 Å². The van der Waals surface area contributed by atoms with Gasteiger partial charge in [0, 0.05) is 11.8 Å². The number of halogens is 1. The lowest BCUT2D eigenvalue weighted by atomic mass is 10.1. The van der Waals surface area contributed by atoms with Crippen molar-refractivity contribution in [3.63, 3.8) is 0 Å². The van der Waals surface area contributed by atoms with Crippen LogP contribution in [0.1, 0.15) is 10.4 Å². The maximum Gasteiger partial charge on any atom is 0.340 e. The van der Waals surface area contributed by atoms with E-state index in [1.165, 1.54) is 6.20 Å². The molecule has 94 valence electrons. The minimum atomic E-state index is -1.06. The molecule has 0 saturated heterocycles. The van der Waals surface area contributed by atoms with E-state index in [0.29, 0.717) is 11.4 Å². The zero-order chi connectivity index (χ0) is 13.3. The van der Waals surface area contributed by atoms with Crippen LogP contribution in [0.5, 0.6) is 5.75 Å². The van der Waals surface area contributed by atoms with Crippen molar-refractivity contribution >= 4 is 27.6 Å². The Hall–Kier alpha value is -1.95. The van der Waals surface area contributed by atoms with Gasteiger partial charge in [0.05, 0.1) is 23.0 Å². The number of H-pyrrole nitrogens is 1. The second kappa shape index (κ2) is 4.73. The van der Waals surface area contributed by atoms with Crippen LogP contribution < -0.4 is 10.5 Å². The molecule has 0 aliphatic rings. The number of aromatic amines is 1. The normalized spacial score (nSPS) is 10.3. The topological polar surface area (TPSA) is 88.3 Å². The Balaban J connectivity index is 2.56. The first-order valence-corrected chi connectivity index (χ1v) is 5.88. The van der Waals surface area contributed by atoms with E-state index in [-0.39, 0.29) is 11.3 Å². The summed E-state index contributed by atoms with van der Waals surface area (Å²) in [6, 6.07) is 5.29. The van der Waals surface area contributed by atoms with Crippen LogP contribution in [0, 0.1) is 0 Å². The molecule has 0 fully saturated rings. The van der Waals surface area contributed by atoms with Crippen molar-refractivity contribution in [3.8, 4) is 17.0 Å². The lowest BCUT2D eigenvalue weighted by Crippen LogP contribution is -2.01. The molecule has 1 aromatic heterocycles. The average Bonchev–Trinajstić information content (AvgIpc) is 2.71. The SMILES string of the molecule is COc1ccc(-c2[nH]cc(N)c2C(=O)O)cc1Br. The molecule has 0 unspecified atom stereocenters. The van der Waals surface area contributed by atoms with Crippen LogP contribution in [-0.4, -0.2) is 23.2 Å². The highest BCUT2D eigenvalue weighted by Gasteiger charge is 2.18. The van der Waals surface area contributed by atoms with Crippen LogP contribution in [0.2, 0.25) is 0 Å². The number of nitrogens with one attached hydrogen (secondary N) is 1. The van der Waals surface area contributed by atoms with Crippen LogP contribution >= 0.6 is 15.9 Å². The number of hydrogen-bond donors (Lipinski definition) is 3. The van der Waals surface area contributed by atoms with E-state index < -0.39 is 5.97 Å². The average molecular weight is 311 g/mol. The van der Waals surface area contributed by atoms with E-state index in [1.807, 2.05) is 0 Å². The Morgan fingerprint density at radius 2 is 2.22 bits per heavy atom. The number of carbonyl (C=O) groups is 1. The number of hydrogen-bond acceptors (Lipinski definition) is 3. The lowest BCUT2D eigenvalue weighted by molar-refractivity contribution is 0.0699. The van der Waals surface area contributed by atoms with Crippen molar-refractivity contribution < 1.29 is 14.6 Å². The van der Waals surface area contributed by atoms with Crippen molar-refractivity contribution in [3.05, 3.63) is 34.4 Å². The summed E-state index contributed by atoms with van der Waals surface area (Å²) in [5.74, 6) is -0.383. The first kappa shape index (κ1) is 12.5. The summed E-state index contributed by atoms with van der Waals surface area (Å²) in [6.45, 7) is 0. The predicted molar refractivity (Wildman–Crippen MR) is 71.9 cm³/mol. The molecule has 2 aromatic rings. The Morgan fingerprint density at radius 1 is 1.50 bits per heavy atom. The number of benzene rings is 1. The van der Waals surface area contributed by atoms with Gasteiger partial charge in [-0.2, -0.15) is 0 Å². The van der Waals surface area contributed by atoms with Crippen LogP contribution in [-0.2, 0) is 0 Å². The van der Waals surface area contributed by atoms with Gasteiger partial charge in [-0.05, 0) is 34.1 Å². The number of rotatable bonds is 3. The summed E-state index contributed by atoms with van der Waals surface area (Å²) in [6.07, 6.45) is 1.47. The molecule has 2 rings (SSSR count). The fraction of sp³-hybridized carbons (Fsp3) is 0.0833. The second-order valence-corrected chi connectivity index (χ2v) is 4.50. The smallest absolute Gasteiger partial charge is 0.340 e. The third kappa shape index (κ3) is 2.06. The van der Waals surface area contributed by atoms with Gasteiger partial charge in [0.25, 0.3) is 0 Å². The molecule has 0 aliphatic heterocycles. The Labute approximate surface area is 112 Å². The standard InChI is InChI=1S/C12H11BrN2O3/c1-18-9-3-2-6(4-7(9)13)11-10(12(16)17)8(14)5-15-11/h2-5,15H,14H2,1H3,(H,16,17). The molecule has 1 heterocycles. The van der Waals surface area contributed by atoms with Gasteiger partial charge < -0.3 is 20.6 Å². The van der Waals surface area contributed by atoms with Crippen LogP contribution in [0.15, 0.2) is 28.9 Å². The van der Waals surface area contributed by atoms with Gasteiger partial charge in [-0.25, -0.2) is 4.79 Å². The fourth-order valence-electron chi connectivity index (χ4n) is 1.72. The molecule has 18 heavy (non-hydrogen) atoms. The minimum absolute atomic E-state index is 0.0760. The molecule has 0 atom stereocenters. The lowest BCUT2D eigenvalue weighted by Gasteiger charge is -2.06. The largest absolute Gasteiger partial charge is 0.496 e. The second-order valence-electron chi connectivity index (χ2n) is 3.65. The quantitative estimate of drug-likeness (QED) is 0.813. The number of nitrogens with two attached hydrogens (primary N) is 1. The molecule has 0 spiro atoms. The first-order chi connectivity index (χ1) is 8.54. The Morgan fingerprint density at radius 3 is 2.78 bits per heavy atom. The molecule has 0 bridgehead atoms. The highest BCUT2D eigenvalue weighted by atomic mass is 79.9. The highest BCUT2D eigenvalue weighted by Crippen LogP contribution is 2.33. The van der Waals surface area contributed by atoms with Gasteiger partial charge in [-0.1, -0.05) is 0 Å². The summed E-state index contributed by atoms with van der Waals surface area (Å²) < 4.78 is 5.86. The third-order valence-corrected chi connectivity index (χ3v) is 3.18. The van der Waals surface area contributed by atoms with E-state index in [2.05, 4.69) is 20.9 Å². The molecular weight excluding hydrogens is 300 g/mol. The molecular formula is C12H11BrN2O3. The van der Waals surface area contributed by atoms with E-state index in [1.54, 1.807) is 25.3 Å². The molecule has 0 amide bonds. The molecule has 5 nitrogen and oxygen atoms in total. The number of carboxylic acids is 1. The van der Waals surface area contributed by atoms with Crippen molar-refractivity contribution in [2.45, 2.75) is 0 Å². The van der Waals surface area contributed by atoms with Crippen molar-refractivity contribution in [2.24, 2.45) is 0 Å². The van der Waals surface area contributed by atoms with Crippen molar-refractivity contribution in [1.29, 1.82) is 0 Å². The van der Waals surface area contributed by atoms with Gasteiger partial charge >= 0.3 is 5.97 Å². The first-order valence-electron chi connectivity index (χ1n) is 5.08. The van der Waals surface area contributed by atoms with Crippen LogP contribution in [0.4, 0.5) is 5.69 Å². The number of aromatic nitrogens is 1. The maximum absolute atomic E-state index is 11.1. The van der Waals surface area contributed by atoms with Gasteiger partial charge in [0.15, 0.2) is 0 Å². The van der Waals surface area contributed by atoms with E-state index in [0.717, 1.165) is 10.0 Å². The Bertz CT molecular complexity index is 607. The number of anilines is 1. The van der Waals surface area contributed by atoms with Gasteiger partial charge in [0.2, 0.25) is 0 Å². The molecule has 0 saturated carbocycles. The number of ether oxygens (including phenoxy) is 1. The third-order valence-electron chi connectivity index (χ3n) is 2.57. The summed E-state index contributed by atoms with van der Waals surface area (Å²) in [4.78, 5) is 14.0. The number of aromatic carboxylic acids is 1. The molecule has 0 aliphatic carbocycles. The zero-order valence-corrected chi connectivity index (χ0v) is 11.1. The molecule has 4 N–H and O–H groups in total. The monoisotopic (exact) mass is 310 g/mol. The number of carboxylic acid groups (broad SMARTS) is 1. The van der Waals surface area contributed by atoms with Crippen LogP contribution in [0.25, 0.3) is 11.3 Å². The van der Waals surface area contributed by atoms with E-state index >= 15 is 0 Å². The molecule has 0 radical (unpaired) electrons. The van der Waals surface area contributed by atoms with Gasteiger partial charge in [0.1, 0.15) is 11.3 Å². The fourth-order valence-corrected chi connectivity index (χ4v) is 2.26. The minimum Gasteiger partial charge on any atom is -0.496 e. The molecule has 1 aromatic carbocycles. The summed E-state index contributed by atoms with van der Waals surface area (Å²) in [5.41, 5.74) is 7.11. The molecule has 6 heteroatoms. The van der Waals surface area contributed by atoms with Gasteiger partial charge in [-0.3, -0.25) is 0 Å². The summed E-state index contributed by atoms with van der Waals surface area (Å²) in [7, 11) is 1.56. The Kier molecular flexibility index (Phi) is 3.29. The van der Waals surface area contributed by atoms with Crippen LogP contribution in [0.3, 0.4) is 0 Å². The highest BCUT2D eigenvalue weighted by molar-refractivity contribution is 9.10. The van der Waals surface area contributed by atoms with Crippen molar-refractivity contribution in [2.75, 3.05) is 12.8 Å².